The SMILES string of the molecule is CCCOc1ccc(S(=O)(=O)N2CCC([C@@H](O)CO)CC2)cc1-c1nc2c(CCC)cn(CC)c2c(=O)[nH]1. The number of hydrogen-bond acceptors (Lipinski definition) is 7. The fraction of sp³-hybridized carbons (Fsp3) is 0.556. The molecular formula is C27H38N4O6S. The van der Waals surface area contributed by atoms with Crippen LogP contribution in [-0.2, 0) is 23.0 Å². The van der Waals surface area contributed by atoms with Gasteiger partial charge < -0.3 is 24.5 Å². The molecular weight excluding hydrogens is 508 g/mol. The number of aliphatic hydroxyl groups excluding tert-OH is 2. The maximum absolute atomic E-state index is 13.6. The average molecular weight is 547 g/mol. The number of piperidine rings is 1. The second kappa shape index (κ2) is 12.0. The number of aryl methyl sites for hydroxylation is 2. The number of hydrogen-bond donors (Lipinski definition) is 3. The predicted octanol–water partition coefficient (Wildman–Crippen LogP) is 2.91. The predicted molar refractivity (Wildman–Crippen MR) is 146 cm³/mol. The van der Waals surface area contributed by atoms with E-state index in [1.54, 1.807) is 6.07 Å². The van der Waals surface area contributed by atoms with Crippen LogP contribution in [0.25, 0.3) is 22.4 Å². The molecule has 0 unspecified atom stereocenters. The van der Waals surface area contributed by atoms with Gasteiger partial charge in [0.2, 0.25) is 10.0 Å². The van der Waals surface area contributed by atoms with Crippen molar-refractivity contribution in [3.8, 4) is 17.1 Å². The molecule has 0 saturated carbocycles. The van der Waals surface area contributed by atoms with Crippen molar-refractivity contribution in [3.63, 3.8) is 0 Å². The van der Waals surface area contributed by atoms with Gasteiger partial charge >= 0.3 is 0 Å². The fourth-order valence-corrected chi connectivity index (χ4v) is 6.59. The summed E-state index contributed by atoms with van der Waals surface area (Å²) in [5.74, 6) is 0.576. The molecule has 2 aromatic heterocycles. The number of aliphatic hydroxyl groups is 2. The molecule has 0 radical (unpaired) electrons. The molecule has 4 rings (SSSR count). The number of aromatic nitrogens is 3. The molecule has 11 heteroatoms. The standard InChI is InChI=1S/C27H38N4O6S/c1-4-7-19-16-30(6-3)25-24(19)28-26(29-27(25)34)21-15-20(8-9-23(21)37-14-5-2)38(35,36)31-12-10-18(11-13-31)22(33)17-32/h8-9,15-16,18,22,32-33H,4-7,10-14,17H2,1-3H3,(H,28,29,34)/t22-/m0/s1. The molecule has 1 fully saturated rings. The Labute approximate surface area is 223 Å². The summed E-state index contributed by atoms with van der Waals surface area (Å²) in [5, 5.41) is 19.2. The highest BCUT2D eigenvalue weighted by Gasteiger charge is 2.32. The van der Waals surface area contributed by atoms with Crippen LogP contribution in [0.5, 0.6) is 5.75 Å². The molecule has 0 bridgehead atoms. The van der Waals surface area contributed by atoms with E-state index in [1.165, 1.54) is 16.4 Å². The van der Waals surface area contributed by atoms with E-state index < -0.39 is 16.1 Å². The lowest BCUT2D eigenvalue weighted by Crippen LogP contribution is -2.41. The van der Waals surface area contributed by atoms with Crippen LogP contribution in [0.15, 0.2) is 34.1 Å². The van der Waals surface area contributed by atoms with Crippen LogP contribution in [0, 0.1) is 5.92 Å². The van der Waals surface area contributed by atoms with Gasteiger partial charge in [-0.05, 0) is 62.3 Å². The van der Waals surface area contributed by atoms with E-state index in [9.17, 15) is 23.4 Å². The second-order valence-corrected chi connectivity index (χ2v) is 11.7. The molecule has 3 heterocycles. The molecule has 0 amide bonds. The zero-order chi connectivity index (χ0) is 27.4. The number of rotatable bonds is 11. The zero-order valence-corrected chi connectivity index (χ0v) is 23.1. The summed E-state index contributed by atoms with van der Waals surface area (Å²) in [6, 6.07) is 4.66. The Hall–Kier alpha value is -2.73. The first-order valence-corrected chi connectivity index (χ1v) is 14.9. The van der Waals surface area contributed by atoms with Gasteiger partial charge in [0, 0.05) is 25.8 Å². The number of benzene rings is 1. The van der Waals surface area contributed by atoms with Crippen LogP contribution >= 0.6 is 0 Å². The molecule has 38 heavy (non-hydrogen) atoms. The molecule has 1 aliphatic rings. The first kappa shape index (κ1) is 28.3. The van der Waals surface area contributed by atoms with Crippen molar-refractivity contribution < 1.29 is 23.4 Å². The van der Waals surface area contributed by atoms with E-state index in [2.05, 4.69) is 11.9 Å². The number of fused-ring (bicyclic) bond motifs is 1. The van der Waals surface area contributed by atoms with Gasteiger partial charge in [-0.3, -0.25) is 4.79 Å². The molecule has 1 atom stereocenters. The van der Waals surface area contributed by atoms with E-state index in [4.69, 9.17) is 9.72 Å². The minimum Gasteiger partial charge on any atom is -0.493 e. The molecule has 1 saturated heterocycles. The molecule has 10 nitrogen and oxygen atoms in total. The van der Waals surface area contributed by atoms with E-state index in [1.807, 2.05) is 24.6 Å². The highest BCUT2D eigenvalue weighted by atomic mass is 32.2. The van der Waals surface area contributed by atoms with Crippen LogP contribution in [0.3, 0.4) is 0 Å². The highest BCUT2D eigenvalue weighted by molar-refractivity contribution is 7.89. The molecule has 0 spiro atoms. The maximum atomic E-state index is 13.6. The summed E-state index contributed by atoms with van der Waals surface area (Å²) in [6.45, 7) is 7.25. The number of sulfonamides is 1. The third kappa shape index (κ3) is 5.51. The van der Waals surface area contributed by atoms with Gasteiger partial charge in [-0.15, -0.1) is 0 Å². The van der Waals surface area contributed by atoms with Crippen LogP contribution in [-0.4, -0.2) is 69.9 Å². The van der Waals surface area contributed by atoms with Crippen molar-refractivity contribution in [3.05, 3.63) is 40.3 Å². The first-order chi connectivity index (χ1) is 18.2. The first-order valence-electron chi connectivity index (χ1n) is 13.4. The molecule has 1 aliphatic heterocycles. The zero-order valence-electron chi connectivity index (χ0n) is 22.3. The summed E-state index contributed by atoms with van der Waals surface area (Å²) in [5.41, 5.74) is 2.23. The molecule has 0 aliphatic carbocycles. The lowest BCUT2D eigenvalue weighted by atomic mass is 9.93. The van der Waals surface area contributed by atoms with E-state index in [0.717, 1.165) is 24.8 Å². The molecule has 3 aromatic rings. The lowest BCUT2D eigenvalue weighted by molar-refractivity contribution is 0.0278. The number of nitrogens with one attached hydrogen (secondary N) is 1. The topological polar surface area (TPSA) is 138 Å². The van der Waals surface area contributed by atoms with Crippen molar-refractivity contribution in [1.29, 1.82) is 0 Å². The summed E-state index contributed by atoms with van der Waals surface area (Å²) in [4.78, 5) is 21.0. The normalized spacial score (nSPS) is 16.2. The monoisotopic (exact) mass is 546 g/mol. The second-order valence-electron chi connectivity index (χ2n) is 9.80. The molecule has 1 aromatic carbocycles. The summed E-state index contributed by atoms with van der Waals surface area (Å²) < 4.78 is 36.4. The van der Waals surface area contributed by atoms with Crippen LogP contribution in [0.1, 0.15) is 52.0 Å². The van der Waals surface area contributed by atoms with E-state index in [0.29, 0.717) is 48.3 Å². The number of nitrogens with zero attached hydrogens (tertiary/aromatic N) is 3. The maximum Gasteiger partial charge on any atom is 0.275 e. The van der Waals surface area contributed by atoms with Gasteiger partial charge in [0.25, 0.3) is 5.56 Å². The third-order valence-electron chi connectivity index (χ3n) is 7.19. The minimum atomic E-state index is -3.85. The Kier molecular flexibility index (Phi) is 8.92. The van der Waals surface area contributed by atoms with Gasteiger partial charge in [0.05, 0.1) is 35.3 Å². The van der Waals surface area contributed by atoms with Gasteiger partial charge in [0.15, 0.2) is 0 Å². The van der Waals surface area contributed by atoms with Gasteiger partial charge in [0.1, 0.15) is 17.1 Å². The molecule has 208 valence electrons. The lowest BCUT2D eigenvalue weighted by Gasteiger charge is -2.33. The van der Waals surface area contributed by atoms with Gasteiger partial charge in [-0.25, -0.2) is 13.4 Å². The van der Waals surface area contributed by atoms with Crippen molar-refractivity contribution in [2.75, 3.05) is 26.3 Å². The van der Waals surface area contributed by atoms with Crippen molar-refractivity contribution in [2.45, 2.75) is 70.4 Å². The summed E-state index contributed by atoms with van der Waals surface area (Å²) in [7, 11) is -3.85. The summed E-state index contributed by atoms with van der Waals surface area (Å²) >= 11 is 0. The Bertz CT molecular complexity index is 1420. The van der Waals surface area contributed by atoms with E-state index >= 15 is 0 Å². The van der Waals surface area contributed by atoms with Gasteiger partial charge in [-0.1, -0.05) is 20.3 Å². The van der Waals surface area contributed by atoms with Crippen molar-refractivity contribution in [1.82, 2.24) is 18.8 Å². The number of ether oxygens (including phenoxy) is 1. The Balaban J connectivity index is 1.78. The highest BCUT2D eigenvalue weighted by Crippen LogP contribution is 2.34. The van der Waals surface area contributed by atoms with Crippen molar-refractivity contribution >= 4 is 21.1 Å². The van der Waals surface area contributed by atoms with Crippen molar-refractivity contribution in [2.24, 2.45) is 5.92 Å². The Morgan fingerprint density at radius 3 is 2.55 bits per heavy atom. The van der Waals surface area contributed by atoms with E-state index in [-0.39, 0.29) is 41.9 Å². The smallest absolute Gasteiger partial charge is 0.275 e. The van der Waals surface area contributed by atoms with Crippen LogP contribution < -0.4 is 10.3 Å². The fourth-order valence-electron chi connectivity index (χ4n) is 5.09. The van der Waals surface area contributed by atoms with Crippen LogP contribution in [0.2, 0.25) is 0 Å². The third-order valence-corrected chi connectivity index (χ3v) is 9.09. The average Bonchev–Trinajstić information content (AvgIpc) is 3.29. The quantitative estimate of drug-likeness (QED) is 0.336. The summed E-state index contributed by atoms with van der Waals surface area (Å²) in [6.07, 6.45) is 4.48. The van der Waals surface area contributed by atoms with Crippen LogP contribution in [0.4, 0.5) is 0 Å². The number of H-pyrrole nitrogens is 1. The largest absolute Gasteiger partial charge is 0.493 e. The minimum absolute atomic E-state index is 0.0835. The van der Waals surface area contributed by atoms with Gasteiger partial charge in [-0.2, -0.15) is 4.31 Å². The Morgan fingerprint density at radius 2 is 1.92 bits per heavy atom. The Morgan fingerprint density at radius 1 is 1.18 bits per heavy atom. The molecule has 3 N–H and O–H groups in total. The number of aromatic amines is 1.